The van der Waals surface area contributed by atoms with Crippen molar-refractivity contribution in [1.29, 1.82) is 0 Å². The van der Waals surface area contributed by atoms with E-state index < -0.39 is 0 Å². The zero-order valence-electron chi connectivity index (χ0n) is 18.0. The lowest BCUT2D eigenvalue weighted by molar-refractivity contribution is 0.248. The molecule has 0 saturated heterocycles. The Hall–Kier alpha value is -0.920. The molecule has 2 aliphatic carbocycles. The third kappa shape index (κ3) is 6.57. The summed E-state index contributed by atoms with van der Waals surface area (Å²) in [6, 6.07) is 0. The molecule has 2 heteroatoms. The first-order valence-corrected chi connectivity index (χ1v) is 12.1. The van der Waals surface area contributed by atoms with Crippen LogP contribution in [0.5, 0.6) is 0 Å². The van der Waals surface area contributed by atoms with Crippen LogP contribution in [0.3, 0.4) is 0 Å². The first kappa shape index (κ1) is 20.8. The largest absolute Gasteiger partial charge is 0.241 e. The van der Waals surface area contributed by atoms with E-state index in [4.69, 9.17) is 9.97 Å². The van der Waals surface area contributed by atoms with Gasteiger partial charge in [0.15, 0.2) is 0 Å². The van der Waals surface area contributed by atoms with Crippen LogP contribution < -0.4 is 0 Å². The standard InChI is InChI=1S/C25H42N2/c1-3-5-6-7-21-8-10-22(11-9-21)14-17-25-26-18-24(19-27-25)23-15-12-20(4-2)13-16-23/h18-23H,3-17H2,1-2H3. The Bertz CT molecular complexity index is 508. The Morgan fingerprint density at radius 1 is 0.741 bits per heavy atom. The maximum Gasteiger partial charge on any atom is 0.128 e. The lowest BCUT2D eigenvalue weighted by atomic mass is 9.78. The van der Waals surface area contributed by atoms with Crippen LogP contribution in [-0.4, -0.2) is 9.97 Å². The Balaban J connectivity index is 1.36. The van der Waals surface area contributed by atoms with Crippen molar-refractivity contribution in [2.24, 2.45) is 17.8 Å². The molecule has 2 nitrogen and oxygen atoms in total. The third-order valence-electron chi connectivity index (χ3n) is 7.58. The molecule has 1 aromatic rings. The maximum absolute atomic E-state index is 4.73. The number of nitrogens with zero attached hydrogens (tertiary/aromatic N) is 2. The molecular formula is C25H42N2. The van der Waals surface area contributed by atoms with Crippen molar-refractivity contribution in [3.63, 3.8) is 0 Å². The van der Waals surface area contributed by atoms with Crippen molar-refractivity contribution in [3.05, 3.63) is 23.8 Å². The average molecular weight is 371 g/mol. The molecule has 0 aromatic carbocycles. The molecule has 2 fully saturated rings. The summed E-state index contributed by atoms with van der Waals surface area (Å²) in [6.07, 6.45) is 25.0. The first-order valence-electron chi connectivity index (χ1n) is 12.1. The van der Waals surface area contributed by atoms with Crippen LogP contribution in [0.1, 0.15) is 121 Å². The lowest BCUT2D eigenvalue weighted by Crippen LogP contribution is -2.16. The summed E-state index contributed by atoms with van der Waals surface area (Å²) < 4.78 is 0. The number of hydrogen-bond donors (Lipinski definition) is 0. The second-order valence-electron chi connectivity index (χ2n) is 9.48. The van der Waals surface area contributed by atoms with E-state index in [1.54, 1.807) is 0 Å². The van der Waals surface area contributed by atoms with Gasteiger partial charge in [-0.15, -0.1) is 0 Å². The summed E-state index contributed by atoms with van der Waals surface area (Å²) in [5, 5.41) is 0. The Morgan fingerprint density at radius 3 is 1.93 bits per heavy atom. The van der Waals surface area contributed by atoms with Crippen molar-refractivity contribution in [2.45, 2.75) is 116 Å². The molecule has 0 bridgehead atoms. The predicted molar refractivity (Wildman–Crippen MR) is 115 cm³/mol. The summed E-state index contributed by atoms with van der Waals surface area (Å²) in [4.78, 5) is 9.46. The van der Waals surface area contributed by atoms with E-state index in [1.165, 1.54) is 95.5 Å². The highest BCUT2D eigenvalue weighted by molar-refractivity contribution is 5.12. The quantitative estimate of drug-likeness (QED) is 0.421. The number of rotatable bonds is 9. The second-order valence-corrected chi connectivity index (χ2v) is 9.48. The fourth-order valence-electron chi connectivity index (χ4n) is 5.43. The van der Waals surface area contributed by atoms with Gasteiger partial charge in [-0.25, -0.2) is 9.97 Å². The molecule has 152 valence electrons. The Morgan fingerprint density at radius 2 is 1.33 bits per heavy atom. The molecule has 27 heavy (non-hydrogen) atoms. The third-order valence-corrected chi connectivity index (χ3v) is 7.58. The topological polar surface area (TPSA) is 25.8 Å². The molecule has 0 aliphatic heterocycles. The van der Waals surface area contributed by atoms with Crippen molar-refractivity contribution < 1.29 is 0 Å². The van der Waals surface area contributed by atoms with Crippen LogP contribution in [0.15, 0.2) is 12.4 Å². The lowest BCUT2D eigenvalue weighted by Gasteiger charge is -2.28. The molecule has 0 radical (unpaired) electrons. The molecule has 0 N–H and O–H groups in total. The first-order chi connectivity index (χ1) is 13.3. The van der Waals surface area contributed by atoms with Gasteiger partial charge < -0.3 is 0 Å². The van der Waals surface area contributed by atoms with Crippen LogP contribution in [-0.2, 0) is 6.42 Å². The second kappa shape index (κ2) is 11.2. The monoisotopic (exact) mass is 370 g/mol. The van der Waals surface area contributed by atoms with E-state index >= 15 is 0 Å². The Labute approximate surface area is 168 Å². The minimum Gasteiger partial charge on any atom is -0.241 e. The molecule has 1 aromatic heterocycles. The molecular weight excluding hydrogens is 328 g/mol. The number of hydrogen-bond acceptors (Lipinski definition) is 2. The van der Waals surface area contributed by atoms with E-state index in [0.29, 0.717) is 5.92 Å². The summed E-state index contributed by atoms with van der Waals surface area (Å²) in [5.74, 6) is 4.69. The molecule has 0 unspecified atom stereocenters. The molecule has 0 spiro atoms. The van der Waals surface area contributed by atoms with E-state index in [0.717, 1.165) is 30.0 Å². The van der Waals surface area contributed by atoms with Gasteiger partial charge in [0.2, 0.25) is 0 Å². The van der Waals surface area contributed by atoms with Crippen LogP contribution in [0.4, 0.5) is 0 Å². The zero-order chi connectivity index (χ0) is 18.9. The highest BCUT2D eigenvalue weighted by Gasteiger charge is 2.23. The Kier molecular flexibility index (Phi) is 8.61. The molecule has 1 heterocycles. The van der Waals surface area contributed by atoms with E-state index in [1.807, 2.05) is 0 Å². The van der Waals surface area contributed by atoms with Gasteiger partial charge in [0.1, 0.15) is 5.82 Å². The smallest absolute Gasteiger partial charge is 0.128 e. The molecule has 3 rings (SSSR count). The van der Waals surface area contributed by atoms with Gasteiger partial charge in [0.25, 0.3) is 0 Å². The van der Waals surface area contributed by atoms with Gasteiger partial charge in [0.05, 0.1) is 0 Å². The van der Waals surface area contributed by atoms with E-state index in [2.05, 4.69) is 26.2 Å². The number of aryl methyl sites for hydroxylation is 1. The minimum absolute atomic E-state index is 0.713. The maximum atomic E-state index is 4.73. The summed E-state index contributed by atoms with van der Waals surface area (Å²) in [7, 11) is 0. The van der Waals surface area contributed by atoms with Gasteiger partial charge in [-0.2, -0.15) is 0 Å². The van der Waals surface area contributed by atoms with Gasteiger partial charge in [-0.05, 0) is 61.3 Å². The number of unbranched alkanes of at least 4 members (excludes halogenated alkanes) is 2. The van der Waals surface area contributed by atoms with E-state index in [-0.39, 0.29) is 0 Å². The van der Waals surface area contributed by atoms with Crippen LogP contribution >= 0.6 is 0 Å². The van der Waals surface area contributed by atoms with E-state index in [9.17, 15) is 0 Å². The van der Waals surface area contributed by atoms with Gasteiger partial charge in [-0.3, -0.25) is 0 Å². The van der Waals surface area contributed by atoms with Crippen molar-refractivity contribution in [3.8, 4) is 0 Å². The summed E-state index contributed by atoms with van der Waals surface area (Å²) in [6.45, 7) is 4.64. The SMILES string of the molecule is CCCCCC1CCC(CCc2ncc(C3CCC(CC)CC3)cn2)CC1. The number of aromatic nitrogens is 2. The van der Waals surface area contributed by atoms with Gasteiger partial charge >= 0.3 is 0 Å². The fraction of sp³-hybridized carbons (Fsp3) is 0.840. The summed E-state index contributed by atoms with van der Waals surface area (Å²) in [5.41, 5.74) is 1.39. The van der Waals surface area contributed by atoms with Crippen LogP contribution in [0.25, 0.3) is 0 Å². The highest BCUT2D eigenvalue weighted by Crippen LogP contribution is 2.37. The minimum atomic E-state index is 0.713. The van der Waals surface area contributed by atoms with Gasteiger partial charge in [0, 0.05) is 18.8 Å². The van der Waals surface area contributed by atoms with Crippen molar-refractivity contribution >= 4 is 0 Å². The van der Waals surface area contributed by atoms with Crippen LogP contribution in [0.2, 0.25) is 0 Å². The molecule has 2 aliphatic rings. The fourth-order valence-corrected chi connectivity index (χ4v) is 5.43. The zero-order valence-corrected chi connectivity index (χ0v) is 18.0. The van der Waals surface area contributed by atoms with Crippen LogP contribution in [0, 0.1) is 17.8 Å². The highest BCUT2D eigenvalue weighted by atomic mass is 14.9. The summed E-state index contributed by atoms with van der Waals surface area (Å²) >= 11 is 0. The normalized spacial score (nSPS) is 29.0. The predicted octanol–water partition coefficient (Wildman–Crippen LogP) is 7.48. The molecule has 0 atom stereocenters. The van der Waals surface area contributed by atoms with Crippen molar-refractivity contribution in [1.82, 2.24) is 9.97 Å². The average Bonchev–Trinajstić information content (AvgIpc) is 2.74. The molecule has 2 saturated carbocycles. The van der Waals surface area contributed by atoms with Crippen molar-refractivity contribution in [2.75, 3.05) is 0 Å². The molecule has 0 amide bonds. The van der Waals surface area contributed by atoms with Gasteiger partial charge in [-0.1, -0.05) is 71.6 Å².